The molecule has 0 aromatic carbocycles. The SMILES string of the molecule is C=C(C(=O)OC1CCCCC1)N(C)C. The zero-order valence-electron chi connectivity index (χ0n) is 9.08. The Balaban J connectivity index is 2.35. The summed E-state index contributed by atoms with van der Waals surface area (Å²) in [6.07, 6.45) is 5.74. The summed E-state index contributed by atoms with van der Waals surface area (Å²) in [5.41, 5.74) is 0.426. The molecule has 1 fully saturated rings. The molecule has 0 unspecified atom stereocenters. The van der Waals surface area contributed by atoms with Crippen molar-refractivity contribution in [1.82, 2.24) is 4.90 Å². The van der Waals surface area contributed by atoms with Gasteiger partial charge in [0, 0.05) is 14.1 Å². The molecule has 0 aromatic rings. The van der Waals surface area contributed by atoms with Crippen LogP contribution in [-0.2, 0) is 9.53 Å². The Kier molecular flexibility index (Phi) is 3.98. The quantitative estimate of drug-likeness (QED) is 0.511. The van der Waals surface area contributed by atoms with Crippen molar-refractivity contribution in [2.75, 3.05) is 14.1 Å². The minimum atomic E-state index is -0.276. The lowest BCUT2D eigenvalue weighted by molar-refractivity contribution is -0.147. The van der Waals surface area contributed by atoms with E-state index in [-0.39, 0.29) is 12.1 Å². The van der Waals surface area contributed by atoms with E-state index in [0.29, 0.717) is 5.70 Å². The number of hydrogen-bond acceptors (Lipinski definition) is 3. The number of carbonyl (C=O) groups excluding carboxylic acids is 1. The Morgan fingerprint density at radius 2 is 1.86 bits per heavy atom. The van der Waals surface area contributed by atoms with Gasteiger partial charge in [-0.3, -0.25) is 0 Å². The summed E-state index contributed by atoms with van der Waals surface area (Å²) < 4.78 is 5.33. The molecule has 14 heavy (non-hydrogen) atoms. The fourth-order valence-corrected chi connectivity index (χ4v) is 1.58. The third kappa shape index (κ3) is 3.05. The van der Waals surface area contributed by atoms with Gasteiger partial charge in [0.1, 0.15) is 11.8 Å². The number of esters is 1. The van der Waals surface area contributed by atoms with Gasteiger partial charge >= 0.3 is 5.97 Å². The van der Waals surface area contributed by atoms with Crippen LogP contribution in [0.5, 0.6) is 0 Å². The first-order valence-electron chi connectivity index (χ1n) is 5.18. The summed E-state index contributed by atoms with van der Waals surface area (Å²) in [7, 11) is 3.59. The van der Waals surface area contributed by atoms with Crippen LogP contribution < -0.4 is 0 Å². The van der Waals surface area contributed by atoms with Gasteiger partial charge in [-0.2, -0.15) is 0 Å². The highest BCUT2D eigenvalue weighted by Crippen LogP contribution is 2.21. The predicted molar refractivity (Wildman–Crippen MR) is 55.8 cm³/mol. The molecule has 3 nitrogen and oxygen atoms in total. The van der Waals surface area contributed by atoms with E-state index in [1.807, 2.05) is 0 Å². The Labute approximate surface area is 85.7 Å². The number of rotatable bonds is 3. The van der Waals surface area contributed by atoms with Crippen LogP contribution in [0.15, 0.2) is 12.3 Å². The summed E-state index contributed by atoms with van der Waals surface area (Å²) in [4.78, 5) is 13.2. The van der Waals surface area contributed by atoms with E-state index in [1.165, 1.54) is 19.3 Å². The molecule has 0 spiro atoms. The lowest BCUT2D eigenvalue weighted by Gasteiger charge is -2.23. The Morgan fingerprint density at radius 3 is 2.36 bits per heavy atom. The molecule has 0 saturated heterocycles. The van der Waals surface area contributed by atoms with E-state index in [9.17, 15) is 4.79 Å². The highest BCUT2D eigenvalue weighted by atomic mass is 16.5. The fourth-order valence-electron chi connectivity index (χ4n) is 1.58. The lowest BCUT2D eigenvalue weighted by atomic mass is 9.98. The molecule has 0 heterocycles. The second-order valence-corrected chi connectivity index (χ2v) is 4.01. The average molecular weight is 197 g/mol. The molecule has 1 aliphatic rings. The maximum atomic E-state index is 11.5. The fraction of sp³-hybridized carbons (Fsp3) is 0.727. The molecule has 0 bridgehead atoms. The third-order valence-corrected chi connectivity index (χ3v) is 2.60. The van der Waals surface area contributed by atoms with Crippen LogP contribution in [0.4, 0.5) is 0 Å². The molecule has 80 valence electrons. The molecule has 0 radical (unpaired) electrons. The first-order chi connectivity index (χ1) is 6.61. The lowest BCUT2D eigenvalue weighted by Crippen LogP contribution is -2.26. The van der Waals surface area contributed by atoms with Crippen LogP contribution >= 0.6 is 0 Å². The van der Waals surface area contributed by atoms with Crippen molar-refractivity contribution in [3.8, 4) is 0 Å². The molecule has 0 aromatic heterocycles. The number of ether oxygens (including phenoxy) is 1. The molecule has 0 atom stereocenters. The highest BCUT2D eigenvalue weighted by Gasteiger charge is 2.19. The first kappa shape index (κ1) is 11.1. The van der Waals surface area contributed by atoms with Crippen LogP contribution in [0.2, 0.25) is 0 Å². The van der Waals surface area contributed by atoms with Gasteiger partial charge in [0.05, 0.1) is 0 Å². The van der Waals surface area contributed by atoms with Crippen molar-refractivity contribution in [3.05, 3.63) is 12.3 Å². The molecule has 1 rings (SSSR count). The zero-order chi connectivity index (χ0) is 10.6. The summed E-state index contributed by atoms with van der Waals surface area (Å²) in [5, 5.41) is 0. The van der Waals surface area contributed by atoms with E-state index in [2.05, 4.69) is 6.58 Å². The number of carbonyl (C=O) groups is 1. The minimum absolute atomic E-state index is 0.118. The Hall–Kier alpha value is -0.990. The minimum Gasteiger partial charge on any atom is -0.458 e. The monoisotopic (exact) mass is 197 g/mol. The highest BCUT2D eigenvalue weighted by molar-refractivity contribution is 5.87. The average Bonchev–Trinajstić information content (AvgIpc) is 2.18. The molecule has 3 heteroatoms. The molecule has 1 saturated carbocycles. The van der Waals surface area contributed by atoms with Gasteiger partial charge in [-0.15, -0.1) is 0 Å². The van der Waals surface area contributed by atoms with Crippen molar-refractivity contribution < 1.29 is 9.53 Å². The van der Waals surface area contributed by atoms with Crippen LogP contribution in [-0.4, -0.2) is 31.1 Å². The van der Waals surface area contributed by atoms with Crippen molar-refractivity contribution in [2.24, 2.45) is 0 Å². The van der Waals surface area contributed by atoms with Gasteiger partial charge in [0.15, 0.2) is 0 Å². The molecule has 1 aliphatic carbocycles. The second kappa shape index (κ2) is 5.03. The molecule has 0 aliphatic heterocycles. The third-order valence-electron chi connectivity index (χ3n) is 2.60. The topological polar surface area (TPSA) is 29.5 Å². The van der Waals surface area contributed by atoms with Crippen molar-refractivity contribution >= 4 is 5.97 Å². The summed E-state index contributed by atoms with van der Waals surface area (Å²) in [5.74, 6) is -0.276. The van der Waals surface area contributed by atoms with E-state index in [0.717, 1.165) is 12.8 Å². The van der Waals surface area contributed by atoms with E-state index in [4.69, 9.17) is 4.74 Å². The molecular weight excluding hydrogens is 178 g/mol. The van der Waals surface area contributed by atoms with Crippen molar-refractivity contribution in [2.45, 2.75) is 38.2 Å². The van der Waals surface area contributed by atoms with Gasteiger partial charge in [-0.05, 0) is 25.7 Å². The van der Waals surface area contributed by atoms with Crippen LogP contribution in [0.1, 0.15) is 32.1 Å². The number of nitrogens with zero attached hydrogens (tertiary/aromatic N) is 1. The maximum Gasteiger partial charge on any atom is 0.354 e. The first-order valence-corrected chi connectivity index (χ1v) is 5.18. The summed E-state index contributed by atoms with van der Waals surface area (Å²) >= 11 is 0. The van der Waals surface area contributed by atoms with Crippen LogP contribution in [0.3, 0.4) is 0 Å². The smallest absolute Gasteiger partial charge is 0.354 e. The molecule has 0 amide bonds. The Bertz CT molecular complexity index is 217. The van der Waals surface area contributed by atoms with Gasteiger partial charge < -0.3 is 9.64 Å². The molecular formula is C11H19NO2. The Morgan fingerprint density at radius 1 is 1.29 bits per heavy atom. The second-order valence-electron chi connectivity index (χ2n) is 4.01. The zero-order valence-corrected chi connectivity index (χ0v) is 9.08. The van der Waals surface area contributed by atoms with Crippen molar-refractivity contribution in [3.63, 3.8) is 0 Å². The maximum absolute atomic E-state index is 11.5. The van der Waals surface area contributed by atoms with Gasteiger partial charge in [0.2, 0.25) is 0 Å². The van der Waals surface area contributed by atoms with E-state index < -0.39 is 0 Å². The largest absolute Gasteiger partial charge is 0.458 e. The van der Waals surface area contributed by atoms with Crippen LogP contribution in [0.25, 0.3) is 0 Å². The number of hydrogen-bond donors (Lipinski definition) is 0. The van der Waals surface area contributed by atoms with Crippen LogP contribution in [0, 0.1) is 0 Å². The van der Waals surface area contributed by atoms with E-state index in [1.54, 1.807) is 19.0 Å². The summed E-state index contributed by atoms with van der Waals surface area (Å²) in [6.45, 7) is 3.67. The van der Waals surface area contributed by atoms with E-state index >= 15 is 0 Å². The normalized spacial score (nSPS) is 17.6. The van der Waals surface area contributed by atoms with Gasteiger partial charge in [0.25, 0.3) is 0 Å². The standard InChI is InChI=1S/C11H19NO2/c1-9(12(2)3)11(13)14-10-7-5-4-6-8-10/h10H,1,4-8H2,2-3H3. The number of likely N-dealkylation sites (N-methyl/N-ethyl adjacent to an activating group) is 1. The van der Waals surface area contributed by atoms with Crippen molar-refractivity contribution in [1.29, 1.82) is 0 Å². The van der Waals surface area contributed by atoms with Gasteiger partial charge in [-0.25, -0.2) is 4.79 Å². The molecule has 0 N–H and O–H groups in total. The summed E-state index contributed by atoms with van der Waals surface area (Å²) in [6, 6.07) is 0. The predicted octanol–water partition coefficient (Wildman–Crippen LogP) is 1.94. The van der Waals surface area contributed by atoms with Gasteiger partial charge in [-0.1, -0.05) is 13.0 Å².